The fourth-order valence-corrected chi connectivity index (χ4v) is 4.14. The van der Waals surface area contributed by atoms with E-state index in [2.05, 4.69) is 25.5 Å². The third-order valence-corrected chi connectivity index (χ3v) is 6.17. The summed E-state index contributed by atoms with van der Waals surface area (Å²) in [5.41, 5.74) is 2.37. The predicted molar refractivity (Wildman–Crippen MR) is 137 cm³/mol. The van der Waals surface area contributed by atoms with Crippen LogP contribution in [0.2, 0.25) is 5.02 Å². The molecule has 4 aromatic rings. The van der Waals surface area contributed by atoms with E-state index in [1.807, 2.05) is 6.07 Å². The van der Waals surface area contributed by atoms with Crippen molar-refractivity contribution >= 4 is 39.9 Å². The molecule has 1 saturated heterocycles. The van der Waals surface area contributed by atoms with E-state index in [1.54, 1.807) is 42.7 Å². The molecule has 10 heteroatoms. The van der Waals surface area contributed by atoms with Crippen molar-refractivity contribution < 1.29 is 13.9 Å². The predicted octanol–water partition coefficient (Wildman–Crippen LogP) is 4.29. The summed E-state index contributed by atoms with van der Waals surface area (Å²) >= 11 is 5.96. The zero-order chi connectivity index (χ0) is 24.9. The van der Waals surface area contributed by atoms with E-state index in [0.29, 0.717) is 40.3 Å². The SMILES string of the molecule is O=C(NCCN1CCOCC1)c1ccc2c(Nc3ccc(F)c(Cl)c3)nc(-c3cccnc3)nc2c1. The third kappa shape index (κ3) is 5.59. The van der Waals surface area contributed by atoms with E-state index in [4.69, 9.17) is 21.3 Å². The molecule has 3 heterocycles. The number of hydrogen-bond donors (Lipinski definition) is 2. The van der Waals surface area contributed by atoms with Crippen LogP contribution in [0.3, 0.4) is 0 Å². The minimum absolute atomic E-state index is 0.00174. The number of carbonyl (C=O) groups excluding carboxylic acids is 1. The largest absolute Gasteiger partial charge is 0.379 e. The molecule has 1 aliphatic heterocycles. The van der Waals surface area contributed by atoms with Crippen molar-refractivity contribution in [3.05, 3.63) is 77.3 Å². The zero-order valence-electron chi connectivity index (χ0n) is 19.4. The standard InChI is InChI=1S/C26H24ClFN6O2/c27-21-15-19(4-6-22(21)28)31-25-20-5-3-17(26(35)30-8-9-34-10-12-36-13-11-34)14-23(20)32-24(33-25)18-2-1-7-29-16-18/h1-7,14-16H,8-13H2,(H,30,35)(H,31,32,33). The van der Waals surface area contributed by atoms with Crippen molar-refractivity contribution in [3.8, 4) is 11.4 Å². The van der Waals surface area contributed by atoms with Crippen LogP contribution in [0, 0.1) is 5.82 Å². The highest BCUT2D eigenvalue weighted by molar-refractivity contribution is 6.31. The lowest BCUT2D eigenvalue weighted by atomic mass is 10.1. The maximum Gasteiger partial charge on any atom is 0.251 e. The van der Waals surface area contributed by atoms with Crippen LogP contribution < -0.4 is 10.6 Å². The van der Waals surface area contributed by atoms with Crippen molar-refractivity contribution in [2.24, 2.45) is 0 Å². The van der Waals surface area contributed by atoms with Gasteiger partial charge in [0.15, 0.2) is 5.82 Å². The quantitative estimate of drug-likeness (QED) is 0.386. The van der Waals surface area contributed by atoms with Gasteiger partial charge >= 0.3 is 0 Å². The molecule has 0 atom stereocenters. The highest BCUT2D eigenvalue weighted by Crippen LogP contribution is 2.29. The van der Waals surface area contributed by atoms with E-state index in [0.717, 1.165) is 38.4 Å². The summed E-state index contributed by atoms with van der Waals surface area (Å²) in [6, 6.07) is 13.3. The van der Waals surface area contributed by atoms with Crippen LogP contribution in [-0.2, 0) is 4.74 Å². The van der Waals surface area contributed by atoms with Gasteiger partial charge in [-0.05, 0) is 48.5 Å². The molecule has 2 N–H and O–H groups in total. The smallest absolute Gasteiger partial charge is 0.251 e. The van der Waals surface area contributed by atoms with Gasteiger partial charge < -0.3 is 15.4 Å². The maximum atomic E-state index is 13.7. The number of fused-ring (bicyclic) bond motifs is 1. The van der Waals surface area contributed by atoms with Crippen LogP contribution in [0.25, 0.3) is 22.3 Å². The van der Waals surface area contributed by atoms with Gasteiger partial charge in [-0.3, -0.25) is 14.7 Å². The number of nitrogens with one attached hydrogen (secondary N) is 2. The molecular weight excluding hydrogens is 483 g/mol. The average molecular weight is 507 g/mol. The first-order valence-electron chi connectivity index (χ1n) is 11.6. The monoisotopic (exact) mass is 506 g/mol. The number of nitrogens with zero attached hydrogens (tertiary/aromatic N) is 4. The maximum absolute atomic E-state index is 13.7. The lowest BCUT2D eigenvalue weighted by Gasteiger charge is -2.26. The van der Waals surface area contributed by atoms with E-state index in [-0.39, 0.29) is 10.9 Å². The lowest BCUT2D eigenvalue weighted by Crippen LogP contribution is -2.41. The van der Waals surface area contributed by atoms with Gasteiger partial charge in [0.1, 0.15) is 11.6 Å². The van der Waals surface area contributed by atoms with E-state index >= 15 is 0 Å². The number of pyridine rings is 1. The molecule has 1 amide bonds. The van der Waals surface area contributed by atoms with Gasteiger partial charge in [0, 0.05) is 60.8 Å². The van der Waals surface area contributed by atoms with Gasteiger partial charge in [0.25, 0.3) is 5.91 Å². The first kappa shape index (κ1) is 24.1. The Morgan fingerprint density at radius 2 is 1.97 bits per heavy atom. The Labute approximate surface area is 212 Å². The zero-order valence-corrected chi connectivity index (χ0v) is 20.1. The van der Waals surface area contributed by atoms with Gasteiger partial charge in [-0.1, -0.05) is 11.6 Å². The lowest BCUT2D eigenvalue weighted by molar-refractivity contribution is 0.0383. The fourth-order valence-electron chi connectivity index (χ4n) is 3.96. The molecule has 0 spiro atoms. The minimum Gasteiger partial charge on any atom is -0.379 e. The minimum atomic E-state index is -0.505. The molecule has 1 aliphatic rings. The van der Waals surface area contributed by atoms with Crippen molar-refractivity contribution in [1.82, 2.24) is 25.2 Å². The molecule has 36 heavy (non-hydrogen) atoms. The van der Waals surface area contributed by atoms with E-state index < -0.39 is 5.82 Å². The van der Waals surface area contributed by atoms with Gasteiger partial charge in [-0.2, -0.15) is 0 Å². The molecule has 1 fully saturated rings. The van der Waals surface area contributed by atoms with Crippen molar-refractivity contribution in [1.29, 1.82) is 0 Å². The second kappa shape index (κ2) is 10.9. The van der Waals surface area contributed by atoms with Crippen LogP contribution >= 0.6 is 11.6 Å². The molecule has 0 radical (unpaired) electrons. The summed E-state index contributed by atoms with van der Waals surface area (Å²) in [6.45, 7) is 4.49. The summed E-state index contributed by atoms with van der Waals surface area (Å²) in [7, 11) is 0. The van der Waals surface area contributed by atoms with Gasteiger partial charge in [0.2, 0.25) is 0 Å². The number of hydrogen-bond acceptors (Lipinski definition) is 7. The van der Waals surface area contributed by atoms with E-state index in [1.165, 1.54) is 12.1 Å². The van der Waals surface area contributed by atoms with Gasteiger partial charge in [-0.15, -0.1) is 0 Å². The second-order valence-corrected chi connectivity index (χ2v) is 8.74. The number of morpholine rings is 1. The number of aromatic nitrogens is 3. The molecule has 2 aromatic carbocycles. The Balaban J connectivity index is 1.43. The molecule has 184 valence electrons. The molecule has 0 saturated carbocycles. The molecule has 5 rings (SSSR count). The number of anilines is 2. The Bertz CT molecular complexity index is 1380. The number of ether oxygens (including phenoxy) is 1. The normalized spacial score (nSPS) is 14.1. The summed E-state index contributed by atoms with van der Waals surface area (Å²) in [5, 5.41) is 6.89. The van der Waals surface area contributed by atoms with Gasteiger partial charge in [0.05, 0.1) is 23.8 Å². The molecule has 0 unspecified atom stereocenters. The molecule has 0 aliphatic carbocycles. The highest BCUT2D eigenvalue weighted by Gasteiger charge is 2.15. The highest BCUT2D eigenvalue weighted by atomic mass is 35.5. The summed E-state index contributed by atoms with van der Waals surface area (Å²) in [5.74, 6) is 0.263. The first-order valence-corrected chi connectivity index (χ1v) is 12.0. The summed E-state index contributed by atoms with van der Waals surface area (Å²) in [6.07, 6.45) is 3.34. The molecule has 0 bridgehead atoms. The Hall–Kier alpha value is -3.66. The van der Waals surface area contributed by atoms with Crippen LogP contribution in [0.1, 0.15) is 10.4 Å². The average Bonchev–Trinajstić information content (AvgIpc) is 2.91. The van der Waals surface area contributed by atoms with Crippen LogP contribution in [-0.4, -0.2) is 65.2 Å². The Kier molecular flexibility index (Phi) is 7.31. The molecular formula is C26H24ClFN6O2. The van der Waals surface area contributed by atoms with Crippen molar-refractivity contribution in [2.45, 2.75) is 0 Å². The number of benzene rings is 2. The third-order valence-electron chi connectivity index (χ3n) is 5.88. The Morgan fingerprint density at radius 3 is 2.75 bits per heavy atom. The van der Waals surface area contributed by atoms with Crippen LogP contribution in [0.5, 0.6) is 0 Å². The fraction of sp³-hybridized carbons (Fsp3) is 0.231. The van der Waals surface area contributed by atoms with E-state index in [9.17, 15) is 9.18 Å². The number of rotatable bonds is 7. The van der Waals surface area contributed by atoms with Crippen molar-refractivity contribution in [3.63, 3.8) is 0 Å². The van der Waals surface area contributed by atoms with Crippen LogP contribution in [0.15, 0.2) is 60.9 Å². The van der Waals surface area contributed by atoms with Gasteiger partial charge in [-0.25, -0.2) is 14.4 Å². The topological polar surface area (TPSA) is 92.3 Å². The number of amides is 1. The summed E-state index contributed by atoms with van der Waals surface area (Å²) in [4.78, 5) is 28.7. The summed E-state index contributed by atoms with van der Waals surface area (Å²) < 4.78 is 19.0. The molecule has 2 aromatic heterocycles. The Morgan fingerprint density at radius 1 is 1.11 bits per heavy atom. The number of halogens is 2. The number of carbonyl (C=O) groups is 1. The first-order chi connectivity index (χ1) is 17.6. The second-order valence-electron chi connectivity index (χ2n) is 8.33. The van der Waals surface area contributed by atoms with Crippen LogP contribution in [0.4, 0.5) is 15.9 Å². The van der Waals surface area contributed by atoms with Crippen molar-refractivity contribution in [2.75, 3.05) is 44.7 Å². The molecule has 8 nitrogen and oxygen atoms in total.